The minimum absolute atomic E-state index is 0.426. The number of hydrogen-bond donors (Lipinski definition) is 0. The molecule has 0 atom stereocenters. The van der Waals surface area contributed by atoms with Gasteiger partial charge >= 0.3 is 6.95 Å². The summed E-state index contributed by atoms with van der Waals surface area (Å²) in [6.07, 6.45) is 8.65. The number of halogens is 1. The molecule has 104 valence electrons. The molecule has 0 aromatic heterocycles. The molecule has 0 unspecified atom stereocenters. The zero-order valence-corrected chi connectivity index (χ0v) is 12.8. The standard InChI is InChI=1S/C12H26ClO3P/c1-3-5-7-9-11-15-17(13,14)16-12-10-8-6-4-2/h3-12H2,1-2H3. The van der Waals surface area contributed by atoms with Gasteiger partial charge in [-0.2, -0.15) is 0 Å². The Balaban J connectivity index is 3.42. The van der Waals surface area contributed by atoms with E-state index in [0.717, 1.165) is 25.7 Å². The Morgan fingerprint density at radius 1 is 0.824 bits per heavy atom. The van der Waals surface area contributed by atoms with Crippen LogP contribution in [0.1, 0.15) is 65.2 Å². The Morgan fingerprint density at radius 3 is 1.59 bits per heavy atom. The van der Waals surface area contributed by atoms with Gasteiger partial charge in [0.15, 0.2) is 0 Å². The van der Waals surface area contributed by atoms with Crippen LogP contribution in [0.4, 0.5) is 0 Å². The first-order chi connectivity index (χ1) is 8.12. The highest BCUT2D eigenvalue weighted by Crippen LogP contribution is 2.53. The Bertz CT molecular complexity index is 194. The first-order valence-electron chi connectivity index (χ1n) is 6.71. The second-order valence-corrected chi connectivity index (χ2v) is 6.84. The van der Waals surface area contributed by atoms with E-state index in [1.54, 1.807) is 0 Å². The number of unbranched alkanes of at least 4 members (excludes halogenated alkanes) is 6. The van der Waals surface area contributed by atoms with Crippen LogP contribution in [-0.4, -0.2) is 13.2 Å². The van der Waals surface area contributed by atoms with Crippen molar-refractivity contribution in [1.82, 2.24) is 0 Å². The zero-order chi connectivity index (χ0) is 13.0. The summed E-state index contributed by atoms with van der Waals surface area (Å²) in [4.78, 5) is 0. The van der Waals surface area contributed by atoms with Gasteiger partial charge in [0.25, 0.3) is 0 Å². The molecular weight excluding hydrogens is 259 g/mol. The summed E-state index contributed by atoms with van der Waals surface area (Å²) in [5, 5.41) is 0. The van der Waals surface area contributed by atoms with Crippen LogP contribution >= 0.6 is 18.2 Å². The maximum absolute atomic E-state index is 11.6. The maximum Gasteiger partial charge on any atom is 0.424 e. The van der Waals surface area contributed by atoms with Gasteiger partial charge in [-0.1, -0.05) is 52.4 Å². The van der Waals surface area contributed by atoms with E-state index in [2.05, 4.69) is 13.8 Å². The minimum Gasteiger partial charge on any atom is -0.297 e. The van der Waals surface area contributed by atoms with E-state index in [9.17, 15) is 4.57 Å². The lowest BCUT2D eigenvalue weighted by molar-refractivity contribution is 0.211. The van der Waals surface area contributed by atoms with Crippen LogP contribution in [0.2, 0.25) is 0 Å². The quantitative estimate of drug-likeness (QED) is 0.349. The average molecular weight is 285 g/mol. The topological polar surface area (TPSA) is 35.5 Å². The average Bonchev–Trinajstić information content (AvgIpc) is 2.28. The molecule has 0 aliphatic carbocycles. The predicted molar refractivity (Wildman–Crippen MR) is 73.6 cm³/mol. The van der Waals surface area contributed by atoms with Crippen LogP contribution in [0, 0.1) is 0 Å². The molecule has 0 saturated heterocycles. The van der Waals surface area contributed by atoms with Crippen LogP contribution in [0.25, 0.3) is 0 Å². The summed E-state index contributed by atoms with van der Waals surface area (Å²) in [6, 6.07) is 0. The molecule has 0 aromatic carbocycles. The molecule has 0 heterocycles. The van der Waals surface area contributed by atoms with E-state index >= 15 is 0 Å². The third-order valence-electron chi connectivity index (χ3n) is 2.49. The van der Waals surface area contributed by atoms with E-state index in [0.29, 0.717) is 13.2 Å². The lowest BCUT2D eigenvalue weighted by atomic mass is 10.2. The molecule has 0 fully saturated rings. The van der Waals surface area contributed by atoms with Crippen molar-refractivity contribution in [2.45, 2.75) is 65.2 Å². The highest BCUT2D eigenvalue weighted by Gasteiger charge is 2.19. The first kappa shape index (κ1) is 17.4. The van der Waals surface area contributed by atoms with Crippen molar-refractivity contribution in [2.75, 3.05) is 13.2 Å². The molecule has 17 heavy (non-hydrogen) atoms. The number of rotatable bonds is 12. The predicted octanol–water partition coefficient (Wildman–Crippen LogP) is 5.53. The number of hydrogen-bond acceptors (Lipinski definition) is 3. The molecule has 0 aliphatic heterocycles. The second-order valence-electron chi connectivity index (χ2n) is 4.22. The van der Waals surface area contributed by atoms with E-state index < -0.39 is 6.95 Å². The molecule has 0 spiro atoms. The van der Waals surface area contributed by atoms with Crippen molar-refractivity contribution in [3.05, 3.63) is 0 Å². The van der Waals surface area contributed by atoms with E-state index in [-0.39, 0.29) is 0 Å². The Labute approximate surface area is 111 Å². The fraction of sp³-hybridized carbons (Fsp3) is 1.00. The van der Waals surface area contributed by atoms with Gasteiger partial charge in [0, 0.05) is 11.2 Å². The van der Waals surface area contributed by atoms with Gasteiger partial charge < -0.3 is 0 Å². The minimum atomic E-state index is -3.32. The molecule has 3 nitrogen and oxygen atoms in total. The van der Waals surface area contributed by atoms with Gasteiger partial charge in [-0.25, -0.2) is 4.57 Å². The van der Waals surface area contributed by atoms with Gasteiger partial charge in [-0.3, -0.25) is 9.05 Å². The summed E-state index contributed by atoms with van der Waals surface area (Å²) in [7, 11) is 0. The highest BCUT2D eigenvalue weighted by molar-refractivity contribution is 7.81. The van der Waals surface area contributed by atoms with Crippen molar-refractivity contribution in [2.24, 2.45) is 0 Å². The Hall–Kier alpha value is 0.440. The van der Waals surface area contributed by atoms with Crippen LogP contribution in [0.15, 0.2) is 0 Å². The zero-order valence-electron chi connectivity index (χ0n) is 11.1. The smallest absolute Gasteiger partial charge is 0.297 e. The largest absolute Gasteiger partial charge is 0.424 e. The van der Waals surface area contributed by atoms with Crippen molar-refractivity contribution < 1.29 is 13.6 Å². The third kappa shape index (κ3) is 12.7. The lowest BCUT2D eigenvalue weighted by Gasteiger charge is -2.11. The van der Waals surface area contributed by atoms with Crippen LogP contribution in [-0.2, 0) is 13.6 Å². The molecule has 0 radical (unpaired) electrons. The molecule has 0 rings (SSSR count). The molecular formula is C12H26ClO3P. The monoisotopic (exact) mass is 284 g/mol. The summed E-state index contributed by atoms with van der Waals surface area (Å²) >= 11 is 5.67. The van der Waals surface area contributed by atoms with E-state index in [1.807, 2.05) is 0 Å². The van der Waals surface area contributed by atoms with Crippen molar-refractivity contribution in [3.8, 4) is 0 Å². The van der Waals surface area contributed by atoms with Crippen LogP contribution < -0.4 is 0 Å². The fourth-order valence-corrected chi connectivity index (χ4v) is 2.63. The molecule has 0 N–H and O–H groups in total. The lowest BCUT2D eigenvalue weighted by Crippen LogP contribution is -1.95. The molecule has 5 heteroatoms. The van der Waals surface area contributed by atoms with Gasteiger partial charge in [0.2, 0.25) is 0 Å². The molecule has 0 aromatic rings. The van der Waals surface area contributed by atoms with E-state index in [4.69, 9.17) is 20.3 Å². The van der Waals surface area contributed by atoms with Gasteiger partial charge in [0.1, 0.15) is 0 Å². The van der Waals surface area contributed by atoms with Crippen molar-refractivity contribution in [3.63, 3.8) is 0 Å². The van der Waals surface area contributed by atoms with Gasteiger partial charge in [0.05, 0.1) is 13.2 Å². The van der Waals surface area contributed by atoms with Crippen molar-refractivity contribution in [1.29, 1.82) is 0 Å². The summed E-state index contributed by atoms with van der Waals surface area (Å²) < 4.78 is 21.8. The second kappa shape index (κ2) is 11.5. The van der Waals surface area contributed by atoms with Crippen LogP contribution in [0.3, 0.4) is 0 Å². The summed E-state index contributed by atoms with van der Waals surface area (Å²) in [5.74, 6) is 0. The van der Waals surface area contributed by atoms with E-state index in [1.165, 1.54) is 25.7 Å². The normalized spacial score (nSPS) is 11.9. The molecule has 0 amide bonds. The SMILES string of the molecule is CCCCCCOP(=O)(Cl)OCCCCCC. The maximum atomic E-state index is 11.6. The highest BCUT2D eigenvalue weighted by atomic mass is 35.7. The fourth-order valence-electron chi connectivity index (χ4n) is 1.44. The van der Waals surface area contributed by atoms with Crippen LogP contribution in [0.5, 0.6) is 0 Å². The van der Waals surface area contributed by atoms with Gasteiger partial charge in [-0.15, -0.1) is 0 Å². The third-order valence-corrected chi connectivity index (χ3v) is 4.05. The summed E-state index contributed by atoms with van der Waals surface area (Å²) in [5.41, 5.74) is 0. The molecule has 0 aliphatic rings. The summed E-state index contributed by atoms with van der Waals surface area (Å²) in [6.45, 7) is 1.83. The van der Waals surface area contributed by atoms with Gasteiger partial charge in [-0.05, 0) is 12.8 Å². The Kier molecular flexibility index (Phi) is 11.8. The van der Waals surface area contributed by atoms with Crippen molar-refractivity contribution >= 4 is 18.2 Å². The molecule has 0 bridgehead atoms. The Morgan fingerprint density at radius 2 is 1.24 bits per heavy atom. The first-order valence-corrected chi connectivity index (χ1v) is 9.16. The molecule has 0 saturated carbocycles.